The molecule has 0 radical (unpaired) electrons. The number of carbonyl (C=O) groups is 1. The lowest BCUT2D eigenvalue weighted by Crippen LogP contribution is -2.36. The first-order valence-electron chi connectivity index (χ1n) is 5.87. The zero-order chi connectivity index (χ0) is 12.0. The summed E-state index contributed by atoms with van der Waals surface area (Å²) < 4.78 is 0. The fourth-order valence-electron chi connectivity index (χ4n) is 2.01. The van der Waals surface area contributed by atoms with E-state index in [9.17, 15) is 4.79 Å². The molecule has 2 atom stereocenters. The van der Waals surface area contributed by atoms with Gasteiger partial charge in [-0.2, -0.15) is 11.8 Å². The molecule has 0 aliphatic carbocycles. The molecule has 1 fully saturated rings. The van der Waals surface area contributed by atoms with E-state index in [1.165, 1.54) is 25.8 Å². The molecule has 0 saturated carbocycles. The summed E-state index contributed by atoms with van der Waals surface area (Å²) in [6.07, 6.45) is 5.06. The third-order valence-corrected chi connectivity index (χ3v) is 4.25. The van der Waals surface area contributed by atoms with Gasteiger partial charge in [-0.05, 0) is 38.6 Å². The first kappa shape index (κ1) is 13.8. The van der Waals surface area contributed by atoms with Gasteiger partial charge >= 0.3 is 5.97 Å². The summed E-state index contributed by atoms with van der Waals surface area (Å²) in [5.74, 6) is 0.629. The lowest BCUT2D eigenvalue weighted by Gasteiger charge is -2.32. The maximum Gasteiger partial charge on any atom is 0.321 e. The summed E-state index contributed by atoms with van der Waals surface area (Å²) in [7, 11) is 2.18. The summed E-state index contributed by atoms with van der Waals surface area (Å²) >= 11 is 1.65. The van der Waals surface area contributed by atoms with Crippen LogP contribution in [0.5, 0.6) is 0 Å². The summed E-state index contributed by atoms with van der Waals surface area (Å²) in [5, 5.41) is 8.63. The van der Waals surface area contributed by atoms with Gasteiger partial charge in [0, 0.05) is 11.8 Å². The van der Waals surface area contributed by atoms with Crippen LogP contribution in [0.25, 0.3) is 0 Å². The Bertz CT molecular complexity index is 226. The summed E-state index contributed by atoms with van der Waals surface area (Å²) in [5.41, 5.74) is 5.43. The van der Waals surface area contributed by atoms with Crippen molar-refractivity contribution in [3.8, 4) is 0 Å². The van der Waals surface area contributed by atoms with E-state index >= 15 is 0 Å². The van der Waals surface area contributed by atoms with Gasteiger partial charge in [0.1, 0.15) is 6.04 Å². The quantitative estimate of drug-likeness (QED) is 0.685. The fraction of sp³-hybridized carbons (Fsp3) is 0.909. The van der Waals surface area contributed by atoms with Gasteiger partial charge in [0.25, 0.3) is 0 Å². The van der Waals surface area contributed by atoms with Crippen molar-refractivity contribution in [3.63, 3.8) is 0 Å². The number of aliphatic carboxylic acids is 1. The molecule has 0 bridgehead atoms. The van der Waals surface area contributed by atoms with Gasteiger partial charge in [-0.25, -0.2) is 0 Å². The zero-order valence-corrected chi connectivity index (χ0v) is 10.7. The SMILES string of the molecule is CN1CCCCC1CCSC[C@@H](N)C(=O)O. The molecular formula is C11H22N2O2S. The lowest BCUT2D eigenvalue weighted by atomic mass is 10.0. The van der Waals surface area contributed by atoms with Crippen LogP contribution in [-0.4, -0.2) is 53.2 Å². The average Bonchev–Trinajstić information content (AvgIpc) is 2.26. The second-order valence-corrected chi connectivity index (χ2v) is 5.59. The highest BCUT2D eigenvalue weighted by Crippen LogP contribution is 2.19. The smallest absolute Gasteiger partial charge is 0.321 e. The van der Waals surface area contributed by atoms with Crippen molar-refractivity contribution in [1.82, 2.24) is 4.90 Å². The van der Waals surface area contributed by atoms with Gasteiger partial charge in [0.15, 0.2) is 0 Å². The van der Waals surface area contributed by atoms with Crippen LogP contribution in [0, 0.1) is 0 Å². The predicted octanol–water partition coefficient (Wildman–Crippen LogP) is 1.01. The van der Waals surface area contributed by atoms with Crippen LogP contribution in [0.4, 0.5) is 0 Å². The maximum absolute atomic E-state index is 10.5. The molecule has 0 aromatic heterocycles. The van der Waals surface area contributed by atoms with Crippen molar-refractivity contribution in [2.24, 2.45) is 5.73 Å². The topological polar surface area (TPSA) is 66.6 Å². The molecule has 1 aliphatic rings. The monoisotopic (exact) mass is 246 g/mol. The molecule has 94 valence electrons. The van der Waals surface area contributed by atoms with E-state index < -0.39 is 12.0 Å². The van der Waals surface area contributed by atoms with Gasteiger partial charge in [-0.15, -0.1) is 0 Å². The van der Waals surface area contributed by atoms with Gasteiger partial charge in [0.05, 0.1) is 0 Å². The first-order chi connectivity index (χ1) is 7.61. The number of nitrogens with zero attached hydrogens (tertiary/aromatic N) is 1. The number of rotatable bonds is 6. The van der Waals surface area contributed by atoms with Crippen LogP contribution in [0.3, 0.4) is 0 Å². The number of thioether (sulfide) groups is 1. The van der Waals surface area contributed by atoms with E-state index in [1.807, 2.05) is 0 Å². The Balaban J connectivity index is 2.08. The van der Waals surface area contributed by atoms with Crippen LogP contribution < -0.4 is 5.73 Å². The van der Waals surface area contributed by atoms with Crippen molar-refractivity contribution < 1.29 is 9.90 Å². The molecular weight excluding hydrogens is 224 g/mol. The molecule has 16 heavy (non-hydrogen) atoms. The molecule has 0 spiro atoms. The molecule has 1 saturated heterocycles. The van der Waals surface area contributed by atoms with Crippen LogP contribution in [0.1, 0.15) is 25.7 Å². The van der Waals surface area contributed by atoms with Gasteiger partial charge < -0.3 is 15.7 Å². The van der Waals surface area contributed by atoms with Crippen LogP contribution in [-0.2, 0) is 4.79 Å². The number of nitrogens with two attached hydrogens (primary N) is 1. The predicted molar refractivity (Wildman–Crippen MR) is 67.8 cm³/mol. The van der Waals surface area contributed by atoms with E-state index in [2.05, 4.69) is 11.9 Å². The Morgan fingerprint density at radius 2 is 2.38 bits per heavy atom. The molecule has 3 N–H and O–H groups in total. The van der Waals surface area contributed by atoms with Gasteiger partial charge in [-0.3, -0.25) is 4.79 Å². The minimum Gasteiger partial charge on any atom is -0.480 e. The molecule has 1 unspecified atom stereocenters. The first-order valence-corrected chi connectivity index (χ1v) is 7.03. The maximum atomic E-state index is 10.5. The highest BCUT2D eigenvalue weighted by molar-refractivity contribution is 7.99. The van der Waals surface area contributed by atoms with Crippen molar-refractivity contribution in [1.29, 1.82) is 0 Å². The largest absolute Gasteiger partial charge is 0.480 e. The molecule has 1 heterocycles. The lowest BCUT2D eigenvalue weighted by molar-refractivity contribution is -0.137. The second-order valence-electron chi connectivity index (χ2n) is 4.44. The normalized spacial score (nSPS) is 24.2. The Morgan fingerprint density at radius 1 is 1.62 bits per heavy atom. The van der Waals surface area contributed by atoms with E-state index in [1.54, 1.807) is 11.8 Å². The number of carboxylic acids is 1. The summed E-state index contributed by atoms with van der Waals surface area (Å²) in [4.78, 5) is 12.9. The molecule has 4 nitrogen and oxygen atoms in total. The summed E-state index contributed by atoms with van der Waals surface area (Å²) in [6, 6.07) is -0.0311. The minimum absolute atomic E-state index is 0.520. The molecule has 0 amide bonds. The van der Waals surface area contributed by atoms with Crippen LogP contribution in [0.15, 0.2) is 0 Å². The number of piperidine rings is 1. The standard InChI is InChI=1S/C11H22N2O2S/c1-13-6-3-2-4-9(13)5-7-16-8-10(12)11(14)15/h9-10H,2-8,12H2,1H3,(H,14,15)/t9?,10-/m1/s1. The van der Waals surface area contributed by atoms with Crippen molar-refractivity contribution >= 4 is 17.7 Å². The van der Waals surface area contributed by atoms with Crippen LogP contribution >= 0.6 is 11.8 Å². The Hall–Kier alpha value is -0.260. The third kappa shape index (κ3) is 4.72. The highest BCUT2D eigenvalue weighted by Gasteiger charge is 2.18. The number of carboxylic acid groups (broad SMARTS) is 1. The zero-order valence-electron chi connectivity index (χ0n) is 9.89. The van der Waals surface area contributed by atoms with E-state index in [0.717, 1.165) is 12.2 Å². The van der Waals surface area contributed by atoms with E-state index in [0.29, 0.717) is 11.8 Å². The number of hydrogen-bond donors (Lipinski definition) is 2. The minimum atomic E-state index is -0.901. The molecule has 0 aromatic rings. The van der Waals surface area contributed by atoms with Crippen molar-refractivity contribution in [2.75, 3.05) is 25.1 Å². The van der Waals surface area contributed by atoms with Gasteiger partial charge in [0.2, 0.25) is 0 Å². The van der Waals surface area contributed by atoms with Crippen molar-refractivity contribution in [2.45, 2.75) is 37.8 Å². The number of likely N-dealkylation sites (tertiary alicyclic amines) is 1. The van der Waals surface area contributed by atoms with Crippen LogP contribution in [0.2, 0.25) is 0 Å². The Kier molecular flexibility index (Phi) is 6.16. The van der Waals surface area contributed by atoms with Crippen molar-refractivity contribution in [3.05, 3.63) is 0 Å². The molecule has 1 aliphatic heterocycles. The Labute approximate surface area is 102 Å². The third-order valence-electron chi connectivity index (χ3n) is 3.13. The molecule has 1 rings (SSSR count). The van der Waals surface area contributed by atoms with E-state index in [4.69, 9.17) is 10.8 Å². The van der Waals surface area contributed by atoms with E-state index in [-0.39, 0.29) is 0 Å². The second kappa shape index (κ2) is 7.14. The fourth-order valence-corrected chi connectivity index (χ4v) is 3.01. The highest BCUT2D eigenvalue weighted by atomic mass is 32.2. The Morgan fingerprint density at radius 3 is 3.00 bits per heavy atom. The average molecular weight is 246 g/mol. The van der Waals surface area contributed by atoms with Gasteiger partial charge in [-0.1, -0.05) is 6.42 Å². The molecule has 5 heteroatoms. The molecule has 0 aromatic carbocycles. The summed E-state index contributed by atoms with van der Waals surface area (Å²) in [6.45, 7) is 1.20. The number of hydrogen-bond acceptors (Lipinski definition) is 4.